The predicted molar refractivity (Wildman–Crippen MR) is 72.3 cm³/mol. The smallest absolute Gasteiger partial charge is 0.259 e. The number of hydrogen-bond donors (Lipinski definition) is 2. The number of H-pyrrole nitrogens is 2. The van der Waals surface area contributed by atoms with Gasteiger partial charge in [0.25, 0.3) is 11.1 Å². The Labute approximate surface area is 112 Å². The summed E-state index contributed by atoms with van der Waals surface area (Å²) in [7, 11) is 0. The van der Waals surface area contributed by atoms with Crippen molar-refractivity contribution in [2.45, 2.75) is 13.1 Å². The number of hydrogen-bond acceptors (Lipinski definition) is 6. The minimum absolute atomic E-state index is 0.105. The van der Waals surface area contributed by atoms with Crippen LogP contribution in [0.3, 0.4) is 0 Å². The average molecular weight is 270 g/mol. The van der Waals surface area contributed by atoms with Crippen LogP contribution in [-0.4, -0.2) is 32.4 Å². The molecule has 0 fully saturated rings. The van der Waals surface area contributed by atoms with Crippen molar-refractivity contribution >= 4 is 12.4 Å². The summed E-state index contributed by atoms with van der Waals surface area (Å²) in [6, 6.07) is 0. The molecular weight excluding hydrogens is 260 g/mol. The molecule has 2 aromatic rings. The predicted octanol–water partition coefficient (Wildman–Crippen LogP) is -0.595. The third-order valence-corrected chi connectivity index (χ3v) is 2.87. The van der Waals surface area contributed by atoms with Crippen LogP contribution in [0.5, 0.6) is 0 Å². The van der Waals surface area contributed by atoms with Gasteiger partial charge in [-0.3, -0.25) is 19.6 Å². The maximum Gasteiger partial charge on any atom is 0.259 e. The van der Waals surface area contributed by atoms with Gasteiger partial charge in [-0.15, -0.1) is 0 Å². The van der Waals surface area contributed by atoms with Crippen LogP contribution < -0.4 is 11.1 Å². The van der Waals surface area contributed by atoms with E-state index >= 15 is 0 Å². The topological polar surface area (TPSA) is 116 Å². The summed E-state index contributed by atoms with van der Waals surface area (Å²) in [4.78, 5) is 42.5. The van der Waals surface area contributed by atoms with E-state index in [1.165, 1.54) is 12.7 Å². The van der Waals surface area contributed by atoms with Crippen molar-refractivity contribution in [3.05, 3.63) is 55.9 Å². The largest absolute Gasteiger partial charge is 0.313 e. The van der Waals surface area contributed by atoms with Gasteiger partial charge in [-0.25, -0.2) is 9.97 Å². The summed E-state index contributed by atoms with van der Waals surface area (Å²) in [5, 5.41) is 0. The van der Waals surface area contributed by atoms with Crippen molar-refractivity contribution in [2.75, 3.05) is 0 Å². The van der Waals surface area contributed by atoms with Crippen molar-refractivity contribution in [1.82, 2.24) is 19.9 Å². The van der Waals surface area contributed by atoms with E-state index in [4.69, 9.17) is 0 Å². The Hall–Kier alpha value is -2.90. The zero-order valence-corrected chi connectivity index (χ0v) is 10.3. The highest BCUT2D eigenvalue weighted by molar-refractivity contribution is 5.83. The first-order valence-electron chi connectivity index (χ1n) is 5.88. The van der Waals surface area contributed by atoms with E-state index in [-0.39, 0.29) is 11.1 Å². The Kier molecular flexibility index (Phi) is 3.04. The first-order chi connectivity index (χ1) is 9.75. The lowest BCUT2D eigenvalue weighted by molar-refractivity contribution is 0.978. The maximum atomic E-state index is 10.9. The van der Waals surface area contributed by atoms with Crippen LogP contribution in [0.4, 0.5) is 0 Å². The highest BCUT2D eigenvalue weighted by Gasteiger charge is 2.10. The van der Waals surface area contributed by atoms with Crippen LogP contribution in [0.2, 0.25) is 0 Å². The molecule has 2 aliphatic heterocycles. The molecule has 20 heavy (non-hydrogen) atoms. The van der Waals surface area contributed by atoms with Crippen LogP contribution >= 0.6 is 0 Å². The number of aromatic nitrogens is 4. The highest BCUT2D eigenvalue weighted by Crippen LogP contribution is 2.04. The lowest BCUT2D eigenvalue weighted by atomic mass is 10.3. The molecule has 0 radical (unpaired) electrons. The van der Waals surface area contributed by atoms with Gasteiger partial charge in [0.2, 0.25) is 0 Å². The number of nitrogens with zero attached hydrogens (tertiary/aromatic N) is 4. The van der Waals surface area contributed by atoms with Gasteiger partial charge in [-0.05, 0) is 0 Å². The van der Waals surface area contributed by atoms with Gasteiger partial charge < -0.3 is 9.97 Å². The SMILES string of the molecule is O=c1[nH]cnc2c1C=NC2.O=c1[nH]cnc2c1C=NC2. The summed E-state index contributed by atoms with van der Waals surface area (Å²) in [6.45, 7) is 1.08. The number of fused-ring (bicyclic) bond motifs is 2. The molecule has 2 N–H and O–H groups in total. The molecule has 0 unspecified atom stereocenters. The molecule has 2 aromatic heterocycles. The van der Waals surface area contributed by atoms with E-state index in [9.17, 15) is 9.59 Å². The minimum atomic E-state index is -0.105. The maximum absolute atomic E-state index is 10.9. The van der Waals surface area contributed by atoms with Gasteiger partial charge in [-0.1, -0.05) is 0 Å². The summed E-state index contributed by atoms with van der Waals surface area (Å²) < 4.78 is 0. The Morgan fingerprint density at radius 1 is 0.800 bits per heavy atom. The Bertz CT molecular complexity index is 748. The molecule has 0 saturated carbocycles. The van der Waals surface area contributed by atoms with Crippen LogP contribution in [0.1, 0.15) is 22.5 Å². The fraction of sp³-hybridized carbons (Fsp3) is 0.167. The number of aliphatic imine (C=N–C) groups is 2. The first kappa shape index (κ1) is 12.2. The van der Waals surface area contributed by atoms with E-state index in [0.717, 1.165) is 11.4 Å². The molecule has 4 rings (SSSR count). The second kappa shape index (κ2) is 5.00. The van der Waals surface area contributed by atoms with E-state index in [2.05, 4.69) is 29.9 Å². The summed E-state index contributed by atoms with van der Waals surface area (Å²) in [6.07, 6.45) is 5.91. The van der Waals surface area contributed by atoms with Gasteiger partial charge in [-0.2, -0.15) is 0 Å². The summed E-state index contributed by atoms with van der Waals surface area (Å²) >= 11 is 0. The normalized spacial score (nSPS) is 13.6. The third kappa shape index (κ3) is 2.18. The fourth-order valence-corrected chi connectivity index (χ4v) is 1.86. The Morgan fingerprint density at radius 3 is 1.65 bits per heavy atom. The highest BCUT2D eigenvalue weighted by atomic mass is 16.1. The standard InChI is InChI=1S/2C6H5N3O/c2*10-6-4-1-7-2-5(4)8-3-9-6/h2*1,3H,2H2,(H,8,9,10). The molecular formula is C12H10N6O2. The van der Waals surface area contributed by atoms with Crippen molar-refractivity contribution in [3.63, 3.8) is 0 Å². The number of nitrogens with one attached hydrogen (secondary N) is 2. The molecule has 8 nitrogen and oxygen atoms in total. The van der Waals surface area contributed by atoms with Crippen molar-refractivity contribution in [2.24, 2.45) is 9.98 Å². The van der Waals surface area contributed by atoms with E-state index in [1.54, 1.807) is 12.4 Å². The molecule has 0 aliphatic carbocycles. The van der Waals surface area contributed by atoms with E-state index in [1.807, 2.05) is 0 Å². The fourth-order valence-electron chi connectivity index (χ4n) is 1.86. The number of rotatable bonds is 0. The van der Waals surface area contributed by atoms with E-state index in [0.29, 0.717) is 24.2 Å². The van der Waals surface area contributed by atoms with Crippen molar-refractivity contribution < 1.29 is 0 Å². The average Bonchev–Trinajstić information content (AvgIpc) is 3.08. The molecule has 0 saturated heterocycles. The first-order valence-corrected chi connectivity index (χ1v) is 5.88. The summed E-state index contributed by atoms with van der Waals surface area (Å²) in [5.74, 6) is 0. The lowest BCUT2D eigenvalue weighted by Crippen LogP contribution is -2.12. The van der Waals surface area contributed by atoms with Gasteiger partial charge in [0.1, 0.15) is 0 Å². The summed E-state index contributed by atoms with van der Waals surface area (Å²) in [5.41, 5.74) is 2.52. The molecule has 2 aliphatic rings. The third-order valence-electron chi connectivity index (χ3n) is 2.87. The second-order valence-corrected chi connectivity index (χ2v) is 4.12. The Morgan fingerprint density at radius 2 is 1.25 bits per heavy atom. The molecule has 100 valence electrons. The lowest BCUT2D eigenvalue weighted by Gasteiger charge is -1.90. The van der Waals surface area contributed by atoms with Crippen LogP contribution in [0, 0.1) is 0 Å². The monoisotopic (exact) mass is 270 g/mol. The zero-order chi connectivity index (χ0) is 13.9. The second-order valence-electron chi connectivity index (χ2n) is 4.12. The van der Waals surface area contributed by atoms with Crippen molar-refractivity contribution in [3.8, 4) is 0 Å². The molecule has 0 atom stereocenters. The van der Waals surface area contributed by atoms with Gasteiger partial charge in [0.15, 0.2) is 0 Å². The molecule has 4 heterocycles. The quantitative estimate of drug-likeness (QED) is 0.665. The Balaban J connectivity index is 0.000000121. The van der Waals surface area contributed by atoms with Gasteiger partial charge >= 0.3 is 0 Å². The molecule has 8 heteroatoms. The van der Waals surface area contributed by atoms with Crippen LogP contribution in [0.25, 0.3) is 0 Å². The molecule has 0 bridgehead atoms. The molecule has 0 amide bonds. The van der Waals surface area contributed by atoms with Gasteiger partial charge in [0.05, 0.1) is 48.3 Å². The van der Waals surface area contributed by atoms with Crippen LogP contribution in [0.15, 0.2) is 32.2 Å². The zero-order valence-electron chi connectivity index (χ0n) is 10.3. The molecule has 0 spiro atoms. The number of aromatic amines is 2. The van der Waals surface area contributed by atoms with Gasteiger partial charge in [0, 0.05) is 12.4 Å². The molecule has 0 aromatic carbocycles. The van der Waals surface area contributed by atoms with E-state index < -0.39 is 0 Å². The van der Waals surface area contributed by atoms with Crippen LogP contribution in [-0.2, 0) is 13.1 Å². The van der Waals surface area contributed by atoms with Crippen molar-refractivity contribution in [1.29, 1.82) is 0 Å². The minimum Gasteiger partial charge on any atom is -0.313 e.